The maximum Gasteiger partial charge on any atom is 0.407 e. The van der Waals surface area contributed by atoms with E-state index in [1.165, 1.54) is 5.56 Å². The summed E-state index contributed by atoms with van der Waals surface area (Å²) in [6.45, 7) is 7.84. The lowest BCUT2D eigenvalue weighted by Gasteiger charge is -2.24. The van der Waals surface area contributed by atoms with Crippen molar-refractivity contribution in [1.82, 2.24) is 5.32 Å². The maximum atomic E-state index is 11.3. The third-order valence-corrected chi connectivity index (χ3v) is 3.12. The molecule has 1 aromatic rings. The van der Waals surface area contributed by atoms with Gasteiger partial charge in [-0.1, -0.05) is 43.8 Å². The zero-order valence-electron chi connectivity index (χ0n) is 11.3. The summed E-state index contributed by atoms with van der Waals surface area (Å²) >= 11 is 0. The van der Waals surface area contributed by atoms with Gasteiger partial charge in [0.15, 0.2) is 0 Å². The van der Waals surface area contributed by atoms with E-state index in [9.17, 15) is 4.79 Å². The van der Waals surface area contributed by atoms with E-state index < -0.39 is 6.09 Å². The van der Waals surface area contributed by atoms with Crippen LogP contribution in [-0.2, 0) is 4.74 Å². The molecule has 18 heavy (non-hydrogen) atoms. The molecular formula is C15H21NO2. The van der Waals surface area contributed by atoms with Crippen molar-refractivity contribution in [2.75, 3.05) is 7.05 Å². The van der Waals surface area contributed by atoms with Crippen LogP contribution in [0.15, 0.2) is 30.8 Å². The first kappa shape index (κ1) is 14.3. The molecule has 0 spiro atoms. The highest BCUT2D eigenvalue weighted by molar-refractivity contribution is 5.67. The third-order valence-electron chi connectivity index (χ3n) is 3.12. The van der Waals surface area contributed by atoms with Crippen molar-refractivity contribution in [2.24, 2.45) is 0 Å². The van der Waals surface area contributed by atoms with E-state index in [0.717, 1.165) is 12.0 Å². The predicted molar refractivity (Wildman–Crippen MR) is 74.6 cm³/mol. The fraction of sp³-hybridized carbons (Fsp3) is 0.400. The zero-order chi connectivity index (χ0) is 13.5. The van der Waals surface area contributed by atoms with Crippen molar-refractivity contribution in [3.63, 3.8) is 0 Å². The topological polar surface area (TPSA) is 38.3 Å². The first-order valence-electron chi connectivity index (χ1n) is 6.23. The minimum atomic E-state index is -0.392. The highest BCUT2D eigenvalue weighted by atomic mass is 16.6. The van der Waals surface area contributed by atoms with E-state index in [4.69, 9.17) is 4.74 Å². The van der Waals surface area contributed by atoms with E-state index in [1.807, 2.05) is 31.2 Å². The number of carbonyl (C=O) groups excluding carboxylic acids is 1. The van der Waals surface area contributed by atoms with Crippen molar-refractivity contribution in [2.45, 2.75) is 32.3 Å². The van der Waals surface area contributed by atoms with Gasteiger partial charge in [-0.05, 0) is 24.5 Å². The lowest BCUT2D eigenvalue weighted by atomic mass is 9.88. The number of alkyl carbamates (subject to hydrolysis) is 1. The molecule has 0 unspecified atom stereocenters. The number of hydrogen-bond acceptors (Lipinski definition) is 2. The summed E-state index contributed by atoms with van der Waals surface area (Å²) in [5.41, 5.74) is 2.27. The minimum Gasteiger partial charge on any atom is -0.446 e. The monoisotopic (exact) mass is 247 g/mol. The SMILES string of the molecule is C=Cc1ccccc1[C@@H](CC)[C@@H](C)OC(=O)NC. The fourth-order valence-electron chi connectivity index (χ4n) is 2.15. The van der Waals surface area contributed by atoms with Crippen LogP contribution in [0.25, 0.3) is 6.08 Å². The Morgan fingerprint density at radius 1 is 1.50 bits per heavy atom. The van der Waals surface area contributed by atoms with E-state index in [-0.39, 0.29) is 12.0 Å². The van der Waals surface area contributed by atoms with Gasteiger partial charge in [-0.25, -0.2) is 4.79 Å². The molecule has 0 heterocycles. The van der Waals surface area contributed by atoms with Crippen LogP contribution >= 0.6 is 0 Å². The van der Waals surface area contributed by atoms with Gasteiger partial charge in [0.05, 0.1) is 0 Å². The molecule has 0 aliphatic heterocycles. The Kier molecular flexibility index (Phi) is 5.43. The molecule has 0 aliphatic rings. The standard InChI is InChI=1S/C15H21NO2/c1-5-12-9-7-8-10-14(12)13(6-2)11(3)18-15(17)16-4/h5,7-11,13H,1,6H2,2-4H3,(H,16,17)/t11-,13+/m1/s1. The Balaban J connectivity index is 2.94. The summed E-state index contributed by atoms with van der Waals surface area (Å²) < 4.78 is 5.32. The van der Waals surface area contributed by atoms with E-state index in [0.29, 0.717) is 0 Å². The van der Waals surface area contributed by atoms with Gasteiger partial charge in [-0.3, -0.25) is 0 Å². The molecule has 3 nitrogen and oxygen atoms in total. The molecule has 1 N–H and O–H groups in total. The molecule has 0 aliphatic carbocycles. The fourth-order valence-corrected chi connectivity index (χ4v) is 2.15. The molecular weight excluding hydrogens is 226 g/mol. The Hall–Kier alpha value is -1.77. The summed E-state index contributed by atoms with van der Waals surface area (Å²) in [7, 11) is 1.56. The quantitative estimate of drug-likeness (QED) is 0.863. The normalized spacial score (nSPS) is 13.5. The summed E-state index contributed by atoms with van der Waals surface area (Å²) in [5, 5.41) is 2.47. The second kappa shape index (κ2) is 6.84. The van der Waals surface area contributed by atoms with Crippen molar-refractivity contribution >= 4 is 12.2 Å². The molecule has 98 valence electrons. The molecule has 0 fully saturated rings. The van der Waals surface area contributed by atoms with Crippen LogP contribution < -0.4 is 5.32 Å². The first-order valence-corrected chi connectivity index (χ1v) is 6.23. The van der Waals surface area contributed by atoms with Crippen LogP contribution in [0.1, 0.15) is 37.3 Å². The smallest absolute Gasteiger partial charge is 0.407 e. The lowest BCUT2D eigenvalue weighted by Crippen LogP contribution is -2.28. The number of benzene rings is 1. The zero-order valence-corrected chi connectivity index (χ0v) is 11.3. The van der Waals surface area contributed by atoms with Crippen molar-refractivity contribution in [3.8, 4) is 0 Å². The molecule has 0 saturated heterocycles. The summed E-state index contributed by atoms with van der Waals surface area (Å²) in [6.07, 6.45) is 2.18. The van der Waals surface area contributed by atoms with Gasteiger partial charge in [0.25, 0.3) is 0 Å². The van der Waals surface area contributed by atoms with Crippen LogP contribution in [0.2, 0.25) is 0 Å². The lowest BCUT2D eigenvalue weighted by molar-refractivity contribution is 0.0923. The van der Waals surface area contributed by atoms with Crippen LogP contribution in [0, 0.1) is 0 Å². The van der Waals surface area contributed by atoms with Crippen LogP contribution in [0.3, 0.4) is 0 Å². The molecule has 2 atom stereocenters. The van der Waals surface area contributed by atoms with Gasteiger partial charge in [0, 0.05) is 13.0 Å². The van der Waals surface area contributed by atoms with Crippen LogP contribution in [0.5, 0.6) is 0 Å². The summed E-state index contributed by atoms with van der Waals surface area (Å²) in [6, 6.07) is 8.07. The molecule has 1 rings (SSSR count). The second-order valence-corrected chi connectivity index (χ2v) is 4.21. The molecule has 1 aromatic carbocycles. The minimum absolute atomic E-state index is 0.170. The van der Waals surface area contributed by atoms with Gasteiger partial charge in [0.1, 0.15) is 6.10 Å². The van der Waals surface area contributed by atoms with Gasteiger partial charge in [-0.2, -0.15) is 0 Å². The average molecular weight is 247 g/mol. The van der Waals surface area contributed by atoms with Gasteiger partial charge >= 0.3 is 6.09 Å². The highest BCUT2D eigenvalue weighted by Gasteiger charge is 2.22. The number of hydrogen-bond donors (Lipinski definition) is 1. The Morgan fingerprint density at radius 2 is 2.17 bits per heavy atom. The average Bonchev–Trinajstić information content (AvgIpc) is 2.40. The number of nitrogens with one attached hydrogen (secondary N) is 1. The third kappa shape index (κ3) is 3.36. The van der Waals surface area contributed by atoms with Gasteiger partial charge < -0.3 is 10.1 Å². The van der Waals surface area contributed by atoms with Crippen molar-refractivity contribution in [3.05, 3.63) is 42.0 Å². The number of carbonyl (C=O) groups is 1. The second-order valence-electron chi connectivity index (χ2n) is 4.21. The molecule has 0 bridgehead atoms. The van der Waals surface area contributed by atoms with Crippen molar-refractivity contribution < 1.29 is 9.53 Å². The molecule has 0 saturated carbocycles. The summed E-state index contributed by atoms with van der Waals surface area (Å²) in [5.74, 6) is 0.177. The molecule has 3 heteroatoms. The number of ether oxygens (including phenoxy) is 1. The van der Waals surface area contributed by atoms with E-state index >= 15 is 0 Å². The Morgan fingerprint density at radius 3 is 2.72 bits per heavy atom. The predicted octanol–water partition coefficient (Wildman–Crippen LogP) is 3.57. The van der Waals surface area contributed by atoms with Gasteiger partial charge in [0.2, 0.25) is 0 Å². The molecule has 0 aromatic heterocycles. The molecule has 0 radical (unpaired) electrons. The summed E-state index contributed by atoms with van der Waals surface area (Å²) in [4.78, 5) is 11.3. The van der Waals surface area contributed by atoms with E-state index in [1.54, 1.807) is 7.05 Å². The number of rotatable bonds is 5. The number of amides is 1. The molecule has 1 amide bonds. The van der Waals surface area contributed by atoms with E-state index in [2.05, 4.69) is 24.9 Å². The first-order chi connectivity index (χ1) is 8.63. The van der Waals surface area contributed by atoms with Gasteiger partial charge in [-0.15, -0.1) is 0 Å². The van der Waals surface area contributed by atoms with Crippen LogP contribution in [-0.4, -0.2) is 19.2 Å². The van der Waals surface area contributed by atoms with Crippen LogP contribution in [0.4, 0.5) is 4.79 Å². The Labute approximate surface area is 109 Å². The maximum absolute atomic E-state index is 11.3. The van der Waals surface area contributed by atoms with Crippen molar-refractivity contribution in [1.29, 1.82) is 0 Å². The Bertz CT molecular complexity index is 415. The largest absolute Gasteiger partial charge is 0.446 e. The highest BCUT2D eigenvalue weighted by Crippen LogP contribution is 2.28.